The third-order valence-corrected chi connectivity index (χ3v) is 4.53. The molecule has 1 fully saturated rings. The van der Waals surface area contributed by atoms with Gasteiger partial charge in [0.1, 0.15) is 12.2 Å². The van der Waals surface area contributed by atoms with E-state index < -0.39 is 67.0 Å². The Morgan fingerprint density at radius 3 is 2.41 bits per heavy atom. The van der Waals surface area contributed by atoms with Gasteiger partial charge in [-0.25, -0.2) is 4.79 Å². The summed E-state index contributed by atoms with van der Waals surface area (Å²) in [6, 6.07) is 6.77. The van der Waals surface area contributed by atoms with Crippen LogP contribution >= 0.6 is 0 Å². The van der Waals surface area contributed by atoms with Gasteiger partial charge in [-0.3, -0.25) is 9.59 Å². The van der Waals surface area contributed by atoms with Gasteiger partial charge in [0.2, 0.25) is 5.91 Å². The molecule has 1 aliphatic heterocycles. The molecule has 11 nitrogen and oxygen atoms in total. The van der Waals surface area contributed by atoms with E-state index in [-0.39, 0.29) is 0 Å². The largest absolute Gasteiger partial charge is 0.477 e. The number of carbonyl (C=O) groups excluding carboxylic acids is 2. The van der Waals surface area contributed by atoms with Crippen molar-refractivity contribution in [2.45, 2.75) is 49.6 Å². The predicted octanol–water partition coefficient (Wildman–Crippen LogP) is -2.43. The average Bonchev–Trinajstić information content (AvgIpc) is 2.67. The van der Waals surface area contributed by atoms with Crippen molar-refractivity contribution in [3.05, 3.63) is 35.9 Å². The first-order valence-electron chi connectivity index (χ1n) is 8.83. The second-order valence-corrected chi connectivity index (χ2v) is 6.80. The highest BCUT2D eigenvalue weighted by Gasteiger charge is 2.53. The standard InChI is InChI=1S/C18H24N2O9/c1-9(21)20-13-11(22)7-18(28,17(26)27)29-15(13)14(24)12(23)8-19-16(25)10-5-3-2-4-6-10/h2-6,11-15,22-24,28H,7-8H2,1H3,(H,19,25)(H,20,21)(H,26,27)/t11-,12+,13+,14+,15+,18+/m0/s1. The van der Waals surface area contributed by atoms with Crippen LogP contribution in [0, 0.1) is 0 Å². The van der Waals surface area contributed by atoms with E-state index in [9.17, 15) is 34.8 Å². The first kappa shape index (κ1) is 22.7. The maximum absolute atomic E-state index is 12.1. The zero-order valence-electron chi connectivity index (χ0n) is 15.6. The van der Waals surface area contributed by atoms with Crippen molar-refractivity contribution in [1.82, 2.24) is 10.6 Å². The lowest BCUT2D eigenvalue weighted by Gasteiger charge is -2.44. The minimum absolute atomic E-state index is 0.315. The van der Waals surface area contributed by atoms with Crippen LogP contribution in [-0.4, -0.2) is 86.1 Å². The third kappa shape index (κ3) is 5.49. The number of amides is 2. The van der Waals surface area contributed by atoms with E-state index in [4.69, 9.17) is 9.84 Å². The van der Waals surface area contributed by atoms with Gasteiger partial charge >= 0.3 is 5.97 Å². The molecule has 2 amide bonds. The SMILES string of the molecule is CC(=O)N[C@H]1[C@H]([C@H](O)[C@H](O)CNC(=O)c2ccccc2)O[C@@](O)(C(=O)O)C[C@@H]1O. The summed E-state index contributed by atoms with van der Waals surface area (Å²) in [5, 5.41) is 54.8. The van der Waals surface area contributed by atoms with Crippen molar-refractivity contribution >= 4 is 17.8 Å². The summed E-state index contributed by atoms with van der Waals surface area (Å²) in [6.07, 6.45) is -7.54. The van der Waals surface area contributed by atoms with Crippen molar-refractivity contribution < 1.29 is 44.7 Å². The van der Waals surface area contributed by atoms with Gasteiger partial charge in [-0.2, -0.15) is 0 Å². The van der Waals surface area contributed by atoms with Crippen LogP contribution in [0.1, 0.15) is 23.7 Å². The fraction of sp³-hybridized carbons (Fsp3) is 0.500. The fourth-order valence-corrected chi connectivity index (χ4v) is 3.04. The molecule has 1 heterocycles. The van der Waals surface area contributed by atoms with Gasteiger partial charge in [-0.15, -0.1) is 0 Å². The lowest BCUT2D eigenvalue weighted by Crippen LogP contribution is -2.67. The number of hydrogen-bond donors (Lipinski definition) is 7. The molecule has 0 aliphatic carbocycles. The molecule has 1 aromatic carbocycles. The van der Waals surface area contributed by atoms with Gasteiger partial charge in [-0.05, 0) is 12.1 Å². The second-order valence-electron chi connectivity index (χ2n) is 6.80. The predicted molar refractivity (Wildman–Crippen MR) is 96.5 cm³/mol. The van der Waals surface area contributed by atoms with Gasteiger partial charge < -0.3 is 40.9 Å². The Labute approximate surface area is 165 Å². The van der Waals surface area contributed by atoms with Crippen LogP contribution in [0.2, 0.25) is 0 Å². The van der Waals surface area contributed by atoms with Gasteiger partial charge in [0.15, 0.2) is 0 Å². The Balaban J connectivity index is 2.12. The van der Waals surface area contributed by atoms with Crippen LogP contribution in [0.5, 0.6) is 0 Å². The number of benzene rings is 1. The zero-order valence-corrected chi connectivity index (χ0v) is 15.6. The number of nitrogens with one attached hydrogen (secondary N) is 2. The van der Waals surface area contributed by atoms with E-state index in [2.05, 4.69) is 10.6 Å². The number of aliphatic hydroxyl groups is 4. The Morgan fingerprint density at radius 1 is 1.24 bits per heavy atom. The first-order chi connectivity index (χ1) is 13.5. The third-order valence-electron chi connectivity index (χ3n) is 4.53. The number of carbonyl (C=O) groups is 3. The maximum atomic E-state index is 12.1. The highest BCUT2D eigenvalue weighted by molar-refractivity contribution is 5.94. The van der Waals surface area contributed by atoms with Crippen LogP contribution in [0.3, 0.4) is 0 Å². The van der Waals surface area contributed by atoms with Crippen LogP contribution in [-0.2, 0) is 14.3 Å². The van der Waals surface area contributed by atoms with Crippen molar-refractivity contribution in [2.24, 2.45) is 0 Å². The second kappa shape index (κ2) is 9.29. The number of carboxylic acids is 1. The molecule has 11 heteroatoms. The summed E-state index contributed by atoms with van der Waals surface area (Å²) < 4.78 is 5.05. The monoisotopic (exact) mass is 412 g/mol. The number of aliphatic hydroxyl groups excluding tert-OH is 3. The van der Waals surface area contributed by atoms with E-state index in [1.54, 1.807) is 30.3 Å². The molecule has 1 saturated heterocycles. The average molecular weight is 412 g/mol. The highest BCUT2D eigenvalue weighted by Crippen LogP contribution is 2.30. The molecule has 0 bridgehead atoms. The Kier molecular flexibility index (Phi) is 7.27. The van der Waals surface area contributed by atoms with E-state index in [0.717, 1.165) is 6.92 Å². The quantitative estimate of drug-likeness (QED) is 0.256. The van der Waals surface area contributed by atoms with Gasteiger partial charge in [-0.1, -0.05) is 18.2 Å². The molecular formula is C18H24N2O9. The van der Waals surface area contributed by atoms with E-state index in [1.807, 2.05) is 0 Å². The lowest BCUT2D eigenvalue weighted by atomic mass is 9.88. The number of rotatable bonds is 7. The summed E-state index contributed by atoms with van der Waals surface area (Å²) in [7, 11) is 0. The van der Waals surface area contributed by atoms with Gasteiger partial charge in [0.05, 0.1) is 18.2 Å². The van der Waals surface area contributed by atoms with Crippen molar-refractivity contribution in [3.63, 3.8) is 0 Å². The summed E-state index contributed by atoms with van der Waals surface area (Å²) in [5.41, 5.74) is 0.315. The van der Waals surface area contributed by atoms with Crippen LogP contribution in [0.15, 0.2) is 30.3 Å². The van der Waals surface area contributed by atoms with Crippen LogP contribution in [0.25, 0.3) is 0 Å². The minimum Gasteiger partial charge on any atom is -0.477 e. The Hall–Kier alpha value is -2.57. The summed E-state index contributed by atoms with van der Waals surface area (Å²) in [6.45, 7) is 0.688. The van der Waals surface area contributed by atoms with Gasteiger partial charge in [0, 0.05) is 25.5 Å². The van der Waals surface area contributed by atoms with Crippen LogP contribution < -0.4 is 10.6 Å². The number of ether oxygens (including phenoxy) is 1. The normalized spacial score (nSPS) is 28.8. The smallest absolute Gasteiger partial charge is 0.364 e. The zero-order chi connectivity index (χ0) is 21.8. The molecule has 0 aromatic heterocycles. The lowest BCUT2D eigenvalue weighted by molar-refractivity contribution is -0.294. The van der Waals surface area contributed by atoms with Crippen molar-refractivity contribution in [2.75, 3.05) is 6.54 Å². The number of hydrogen-bond acceptors (Lipinski definition) is 8. The Bertz CT molecular complexity index is 744. The van der Waals surface area contributed by atoms with Crippen molar-refractivity contribution in [3.8, 4) is 0 Å². The summed E-state index contributed by atoms with van der Waals surface area (Å²) >= 11 is 0. The molecule has 0 unspecified atom stereocenters. The number of aliphatic carboxylic acids is 1. The maximum Gasteiger partial charge on any atom is 0.364 e. The number of carboxylic acid groups (broad SMARTS) is 1. The molecule has 1 aliphatic rings. The molecule has 0 spiro atoms. The molecule has 0 saturated carbocycles. The van der Waals surface area contributed by atoms with E-state index in [0.29, 0.717) is 5.56 Å². The molecule has 29 heavy (non-hydrogen) atoms. The molecule has 160 valence electrons. The molecule has 2 rings (SSSR count). The van der Waals surface area contributed by atoms with Crippen LogP contribution in [0.4, 0.5) is 0 Å². The molecule has 6 atom stereocenters. The molecule has 7 N–H and O–H groups in total. The molecule has 0 radical (unpaired) electrons. The van der Waals surface area contributed by atoms with Crippen molar-refractivity contribution in [1.29, 1.82) is 0 Å². The van der Waals surface area contributed by atoms with E-state index >= 15 is 0 Å². The van der Waals surface area contributed by atoms with E-state index in [1.165, 1.54) is 0 Å². The minimum atomic E-state index is -2.83. The molecular weight excluding hydrogens is 388 g/mol. The fourth-order valence-electron chi connectivity index (χ4n) is 3.04. The summed E-state index contributed by atoms with van der Waals surface area (Å²) in [4.78, 5) is 34.7. The Morgan fingerprint density at radius 2 is 1.86 bits per heavy atom. The molecule has 1 aromatic rings. The topological polar surface area (TPSA) is 186 Å². The first-order valence-corrected chi connectivity index (χ1v) is 8.83. The van der Waals surface area contributed by atoms with Gasteiger partial charge in [0.25, 0.3) is 11.7 Å². The summed E-state index contributed by atoms with van der Waals surface area (Å²) in [5.74, 6) is -5.76. The highest BCUT2D eigenvalue weighted by atomic mass is 16.7.